The summed E-state index contributed by atoms with van der Waals surface area (Å²) in [6.07, 6.45) is -0.862. The quantitative estimate of drug-likeness (QED) is 0.697. The Bertz CT molecular complexity index is 363. The average molecular weight is 211 g/mol. The van der Waals surface area contributed by atoms with Gasteiger partial charge in [0.15, 0.2) is 11.5 Å². The second-order valence-corrected chi connectivity index (χ2v) is 3.56. The van der Waals surface area contributed by atoms with Gasteiger partial charge in [0.2, 0.25) is 0 Å². The van der Waals surface area contributed by atoms with E-state index in [1.165, 1.54) is 7.11 Å². The maximum absolute atomic E-state index is 9.91. The van der Waals surface area contributed by atoms with E-state index in [9.17, 15) is 10.2 Å². The second-order valence-electron chi connectivity index (χ2n) is 3.56. The van der Waals surface area contributed by atoms with Crippen molar-refractivity contribution < 1.29 is 14.9 Å². The molecule has 0 spiro atoms. The maximum Gasteiger partial charge on any atom is 0.164 e. The van der Waals surface area contributed by atoms with Gasteiger partial charge < -0.3 is 20.7 Å². The lowest BCUT2D eigenvalue weighted by atomic mass is 9.98. The van der Waals surface area contributed by atoms with Gasteiger partial charge >= 0.3 is 0 Å². The Morgan fingerprint density at radius 2 is 2.00 bits per heavy atom. The molecule has 1 aromatic rings. The minimum atomic E-state index is -0.862. The molecule has 0 aliphatic carbocycles. The Balaban J connectivity index is 3.38. The number of phenolic OH excluding ortho intramolecular Hbond substituents is 1. The first kappa shape index (κ1) is 11.8. The van der Waals surface area contributed by atoms with Crippen LogP contribution in [0.15, 0.2) is 6.07 Å². The number of phenols is 1. The minimum Gasteiger partial charge on any atom is -0.504 e. The maximum atomic E-state index is 9.91. The number of aromatic hydroxyl groups is 1. The molecule has 0 amide bonds. The van der Waals surface area contributed by atoms with E-state index in [-0.39, 0.29) is 12.3 Å². The van der Waals surface area contributed by atoms with E-state index in [0.29, 0.717) is 11.3 Å². The van der Waals surface area contributed by atoms with Crippen molar-refractivity contribution in [1.82, 2.24) is 0 Å². The topological polar surface area (TPSA) is 75.7 Å². The zero-order chi connectivity index (χ0) is 11.6. The lowest BCUT2D eigenvalue weighted by Gasteiger charge is -2.17. The predicted molar refractivity (Wildman–Crippen MR) is 58.1 cm³/mol. The van der Waals surface area contributed by atoms with Crippen LogP contribution in [-0.2, 0) is 0 Å². The third kappa shape index (κ3) is 2.06. The van der Waals surface area contributed by atoms with E-state index in [2.05, 4.69) is 0 Å². The summed E-state index contributed by atoms with van der Waals surface area (Å²) in [6.45, 7) is 3.73. The molecule has 0 radical (unpaired) electrons. The van der Waals surface area contributed by atoms with Gasteiger partial charge in [-0.2, -0.15) is 0 Å². The number of methoxy groups -OCH3 is 1. The molecule has 1 rings (SSSR count). The lowest BCUT2D eigenvalue weighted by Crippen LogP contribution is -2.13. The molecule has 15 heavy (non-hydrogen) atoms. The van der Waals surface area contributed by atoms with Crippen LogP contribution < -0.4 is 10.5 Å². The first-order valence-corrected chi connectivity index (χ1v) is 4.78. The van der Waals surface area contributed by atoms with Crippen LogP contribution in [0.4, 0.5) is 0 Å². The Morgan fingerprint density at radius 3 is 2.47 bits per heavy atom. The number of ether oxygens (including phenoxy) is 1. The summed E-state index contributed by atoms with van der Waals surface area (Å²) in [5, 5.41) is 19.6. The standard InChI is InChI=1S/C11H17NO3/c1-6-4-7(2)11(15-3)10(14)9(6)8(13)5-12/h4,8,13-14H,5,12H2,1-3H3. The second kappa shape index (κ2) is 4.51. The molecule has 4 heteroatoms. The molecular weight excluding hydrogens is 194 g/mol. The summed E-state index contributed by atoms with van der Waals surface area (Å²) in [7, 11) is 1.48. The molecule has 1 aromatic carbocycles. The van der Waals surface area contributed by atoms with Gasteiger partial charge in [-0.1, -0.05) is 6.07 Å². The molecule has 1 unspecified atom stereocenters. The number of benzene rings is 1. The zero-order valence-electron chi connectivity index (χ0n) is 9.24. The molecule has 0 saturated heterocycles. The molecule has 84 valence electrons. The molecule has 0 saturated carbocycles. The van der Waals surface area contributed by atoms with Crippen molar-refractivity contribution in [2.45, 2.75) is 20.0 Å². The highest BCUT2D eigenvalue weighted by Crippen LogP contribution is 2.38. The SMILES string of the molecule is COc1c(C)cc(C)c(C(O)CN)c1O. The molecule has 4 nitrogen and oxygen atoms in total. The van der Waals surface area contributed by atoms with Crippen LogP contribution >= 0.6 is 0 Å². The summed E-state index contributed by atoms with van der Waals surface area (Å²) in [5.74, 6) is 0.371. The molecule has 0 heterocycles. The molecule has 0 fully saturated rings. The van der Waals surface area contributed by atoms with Gasteiger partial charge in [0.05, 0.1) is 13.2 Å². The van der Waals surface area contributed by atoms with E-state index < -0.39 is 6.10 Å². The van der Waals surface area contributed by atoms with Crippen molar-refractivity contribution in [3.8, 4) is 11.5 Å². The van der Waals surface area contributed by atoms with Crippen LogP contribution in [0.3, 0.4) is 0 Å². The highest BCUT2D eigenvalue weighted by atomic mass is 16.5. The van der Waals surface area contributed by atoms with Crippen LogP contribution in [0.25, 0.3) is 0 Å². The van der Waals surface area contributed by atoms with Crippen molar-refractivity contribution in [1.29, 1.82) is 0 Å². The Hall–Kier alpha value is -1.26. The van der Waals surface area contributed by atoms with Gasteiger partial charge in [0.25, 0.3) is 0 Å². The number of aliphatic hydroxyl groups excluding tert-OH is 1. The van der Waals surface area contributed by atoms with Crippen LogP contribution in [0.5, 0.6) is 11.5 Å². The van der Waals surface area contributed by atoms with Crippen molar-refractivity contribution >= 4 is 0 Å². The van der Waals surface area contributed by atoms with Crippen molar-refractivity contribution in [3.63, 3.8) is 0 Å². The van der Waals surface area contributed by atoms with E-state index in [1.807, 2.05) is 19.9 Å². The normalized spacial score (nSPS) is 12.6. The Labute approximate surface area is 89.3 Å². The molecule has 0 aliphatic rings. The molecule has 0 aromatic heterocycles. The Morgan fingerprint density at radius 1 is 1.40 bits per heavy atom. The summed E-state index contributed by atoms with van der Waals surface area (Å²) in [4.78, 5) is 0. The van der Waals surface area contributed by atoms with Gasteiger partial charge in [0.1, 0.15) is 0 Å². The summed E-state index contributed by atoms with van der Waals surface area (Å²) in [5.41, 5.74) is 7.46. The van der Waals surface area contributed by atoms with E-state index >= 15 is 0 Å². The van der Waals surface area contributed by atoms with Crippen molar-refractivity contribution in [3.05, 3.63) is 22.8 Å². The molecule has 0 aliphatic heterocycles. The minimum absolute atomic E-state index is 0.0204. The summed E-state index contributed by atoms with van der Waals surface area (Å²) < 4.78 is 5.06. The fourth-order valence-electron chi connectivity index (χ4n) is 1.76. The predicted octanol–water partition coefficient (Wildman–Crippen LogP) is 1.01. The van der Waals surface area contributed by atoms with Gasteiger partial charge in [-0.05, 0) is 25.0 Å². The molecule has 0 bridgehead atoms. The van der Waals surface area contributed by atoms with E-state index in [0.717, 1.165) is 11.1 Å². The largest absolute Gasteiger partial charge is 0.504 e. The monoisotopic (exact) mass is 211 g/mol. The fraction of sp³-hybridized carbons (Fsp3) is 0.455. The third-order valence-corrected chi connectivity index (χ3v) is 2.45. The van der Waals surface area contributed by atoms with Crippen LogP contribution in [-0.4, -0.2) is 23.9 Å². The smallest absolute Gasteiger partial charge is 0.164 e. The first-order chi connectivity index (χ1) is 7.02. The third-order valence-electron chi connectivity index (χ3n) is 2.45. The number of nitrogens with two attached hydrogens (primary N) is 1. The van der Waals surface area contributed by atoms with Gasteiger partial charge in [-0.3, -0.25) is 0 Å². The number of aryl methyl sites for hydroxylation is 2. The van der Waals surface area contributed by atoms with Crippen LogP contribution in [0.2, 0.25) is 0 Å². The van der Waals surface area contributed by atoms with Gasteiger partial charge in [-0.25, -0.2) is 0 Å². The Kier molecular flexibility index (Phi) is 3.55. The summed E-state index contributed by atoms with van der Waals surface area (Å²) >= 11 is 0. The lowest BCUT2D eigenvalue weighted by molar-refractivity contribution is 0.180. The first-order valence-electron chi connectivity index (χ1n) is 4.78. The average Bonchev–Trinajstić information content (AvgIpc) is 2.17. The van der Waals surface area contributed by atoms with Crippen molar-refractivity contribution in [2.24, 2.45) is 5.73 Å². The van der Waals surface area contributed by atoms with Gasteiger partial charge in [-0.15, -0.1) is 0 Å². The number of hydrogen-bond acceptors (Lipinski definition) is 4. The zero-order valence-corrected chi connectivity index (χ0v) is 9.24. The number of rotatable bonds is 3. The highest BCUT2D eigenvalue weighted by Gasteiger charge is 2.19. The van der Waals surface area contributed by atoms with E-state index in [1.54, 1.807) is 0 Å². The molecular formula is C11H17NO3. The summed E-state index contributed by atoms with van der Waals surface area (Å²) in [6, 6.07) is 1.85. The highest BCUT2D eigenvalue weighted by molar-refractivity contribution is 5.55. The number of hydrogen-bond donors (Lipinski definition) is 3. The molecule has 4 N–H and O–H groups in total. The number of aliphatic hydroxyl groups is 1. The van der Waals surface area contributed by atoms with Crippen LogP contribution in [0, 0.1) is 13.8 Å². The molecule has 1 atom stereocenters. The van der Waals surface area contributed by atoms with E-state index in [4.69, 9.17) is 10.5 Å². The van der Waals surface area contributed by atoms with Crippen molar-refractivity contribution in [2.75, 3.05) is 13.7 Å². The van der Waals surface area contributed by atoms with Crippen LogP contribution in [0.1, 0.15) is 22.8 Å². The van der Waals surface area contributed by atoms with Gasteiger partial charge in [0, 0.05) is 12.1 Å². The fourth-order valence-corrected chi connectivity index (χ4v) is 1.76.